The molecule has 1 unspecified atom stereocenters. The van der Waals surface area contributed by atoms with Crippen LogP contribution >= 0.6 is 0 Å². The third-order valence-electron chi connectivity index (χ3n) is 3.34. The maximum Gasteiger partial charge on any atom is 0.128 e. The molecule has 2 nitrogen and oxygen atoms in total. The van der Waals surface area contributed by atoms with Gasteiger partial charge in [-0.15, -0.1) is 0 Å². The Balaban J connectivity index is 2.44. The van der Waals surface area contributed by atoms with E-state index < -0.39 is 0 Å². The van der Waals surface area contributed by atoms with Crippen molar-refractivity contribution >= 4 is 0 Å². The lowest BCUT2D eigenvalue weighted by Gasteiger charge is -2.21. The van der Waals surface area contributed by atoms with Gasteiger partial charge in [-0.2, -0.15) is 0 Å². The molecule has 1 atom stereocenters. The van der Waals surface area contributed by atoms with Crippen molar-refractivity contribution in [2.45, 2.75) is 33.2 Å². The molecule has 20 heavy (non-hydrogen) atoms. The highest BCUT2D eigenvalue weighted by Crippen LogP contribution is 2.25. The molecule has 2 aromatic rings. The van der Waals surface area contributed by atoms with Crippen molar-refractivity contribution in [1.29, 1.82) is 0 Å². The third kappa shape index (κ3) is 3.23. The van der Waals surface area contributed by atoms with Crippen LogP contribution in [0.25, 0.3) is 0 Å². The fourth-order valence-corrected chi connectivity index (χ4v) is 2.38. The molecule has 0 saturated heterocycles. The Hall–Kier alpha value is -1.74. The standard InChI is InChI=1S/C17H21FN2/c1-4-9-19-17(14-7-5-6-8-15(14)18)16-13(3)10-12(2)11-20-16/h5-8,10-11,17,19H,4,9H2,1-3H3. The highest BCUT2D eigenvalue weighted by atomic mass is 19.1. The molecule has 3 heteroatoms. The summed E-state index contributed by atoms with van der Waals surface area (Å²) in [6, 6.07) is 8.79. The lowest BCUT2D eigenvalue weighted by atomic mass is 9.98. The number of nitrogens with zero attached hydrogens (tertiary/aromatic N) is 1. The monoisotopic (exact) mass is 272 g/mol. The number of benzene rings is 1. The molecule has 0 amide bonds. The molecular weight excluding hydrogens is 251 g/mol. The van der Waals surface area contributed by atoms with Crippen LogP contribution in [0.2, 0.25) is 0 Å². The maximum atomic E-state index is 14.1. The van der Waals surface area contributed by atoms with Crippen LogP contribution in [0.5, 0.6) is 0 Å². The van der Waals surface area contributed by atoms with E-state index in [0.29, 0.717) is 5.56 Å². The normalized spacial score (nSPS) is 12.4. The van der Waals surface area contributed by atoms with Crippen LogP contribution in [0, 0.1) is 19.7 Å². The van der Waals surface area contributed by atoms with Crippen molar-refractivity contribution in [3.05, 3.63) is 64.7 Å². The molecule has 0 saturated carbocycles. The number of rotatable bonds is 5. The summed E-state index contributed by atoms with van der Waals surface area (Å²) in [5.41, 5.74) is 3.76. The quantitative estimate of drug-likeness (QED) is 0.892. The molecule has 0 aliphatic heterocycles. The molecule has 0 aliphatic rings. The fraction of sp³-hybridized carbons (Fsp3) is 0.353. The number of hydrogen-bond acceptors (Lipinski definition) is 2. The Morgan fingerprint density at radius 3 is 2.65 bits per heavy atom. The van der Waals surface area contributed by atoms with E-state index >= 15 is 0 Å². The maximum absolute atomic E-state index is 14.1. The Morgan fingerprint density at radius 1 is 1.25 bits per heavy atom. The highest BCUT2D eigenvalue weighted by Gasteiger charge is 2.19. The summed E-state index contributed by atoms with van der Waals surface area (Å²) in [7, 11) is 0. The SMILES string of the molecule is CCCNC(c1ccccc1F)c1ncc(C)cc1C. The number of aryl methyl sites for hydroxylation is 2. The molecule has 1 N–H and O–H groups in total. The molecule has 0 radical (unpaired) electrons. The Labute approximate surface area is 120 Å². The smallest absolute Gasteiger partial charge is 0.128 e. The second-order valence-electron chi connectivity index (χ2n) is 5.12. The predicted molar refractivity (Wildman–Crippen MR) is 80.2 cm³/mol. The summed E-state index contributed by atoms with van der Waals surface area (Å²) in [5.74, 6) is -0.192. The van der Waals surface area contributed by atoms with Crippen molar-refractivity contribution in [2.24, 2.45) is 0 Å². The second-order valence-corrected chi connectivity index (χ2v) is 5.12. The Bertz CT molecular complexity index is 581. The minimum absolute atomic E-state index is 0.192. The van der Waals surface area contributed by atoms with Crippen LogP contribution in [0.4, 0.5) is 4.39 Å². The van der Waals surface area contributed by atoms with Gasteiger partial charge < -0.3 is 5.32 Å². The largest absolute Gasteiger partial charge is 0.305 e. The van der Waals surface area contributed by atoms with Crippen molar-refractivity contribution < 1.29 is 4.39 Å². The van der Waals surface area contributed by atoms with Crippen molar-refractivity contribution in [2.75, 3.05) is 6.54 Å². The molecule has 0 bridgehead atoms. The third-order valence-corrected chi connectivity index (χ3v) is 3.34. The topological polar surface area (TPSA) is 24.9 Å². The van der Waals surface area contributed by atoms with Gasteiger partial charge in [0.25, 0.3) is 0 Å². The average Bonchev–Trinajstić information content (AvgIpc) is 2.42. The first-order valence-electron chi connectivity index (χ1n) is 7.04. The van der Waals surface area contributed by atoms with Gasteiger partial charge in [0.05, 0.1) is 11.7 Å². The van der Waals surface area contributed by atoms with Crippen LogP contribution < -0.4 is 5.32 Å². The zero-order valence-electron chi connectivity index (χ0n) is 12.3. The van der Waals surface area contributed by atoms with Crippen LogP contribution in [0.3, 0.4) is 0 Å². The van der Waals surface area contributed by atoms with Gasteiger partial charge >= 0.3 is 0 Å². The average molecular weight is 272 g/mol. The molecule has 1 heterocycles. The van der Waals surface area contributed by atoms with Gasteiger partial charge in [-0.05, 0) is 44.0 Å². The van der Waals surface area contributed by atoms with Gasteiger partial charge in [0.1, 0.15) is 5.82 Å². The van der Waals surface area contributed by atoms with Gasteiger partial charge in [0, 0.05) is 11.8 Å². The highest BCUT2D eigenvalue weighted by molar-refractivity contribution is 5.34. The van der Waals surface area contributed by atoms with Gasteiger partial charge in [-0.25, -0.2) is 4.39 Å². The molecule has 1 aromatic carbocycles. The first kappa shape index (κ1) is 14.7. The van der Waals surface area contributed by atoms with Crippen molar-refractivity contribution in [3.63, 3.8) is 0 Å². The first-order valence-corrected chi connectivity index (χ1v) is 7.04. The molecule has 106 valence electrons. The fourth-order valence-electron chi connectivity index (χ4n) is 2.38. The lowest BCUT2D eigenvalue weighted by Crippen LogP contribution is -2.25. The van der Waals surface area contributed by atoms with Crippen LogP contribution in [0.1, 0.15) is 41.8 Å². The number of nitrogens with one attached hydrogen (secondary N) is 1. The van der Waals surface area contributed by atoms with E-state index in [9.17, 15) is 4.39 Å². The first-order chi connectivity index (χ1) is 9.63. The van der Waals surface area contributed by atoms with E-state index in [0.717, 1.165) is 29.8 Å². The molecular formula is C17H21FN2. The van der Waals surface area contributed by atoms with E-state index in [-0.39, 0.29) is 11.9 Å². The number of pyridine rings is 1. The summed E-state index contributed by atoms with van der Waals surface area (Å²) in [4.78, 5) is 4.52. The van der Waals surface area contributed by atoms with Crippen molar-refractivity contribution in [3.8, 4) is 0 Å². The summed E-state index contributed by atoms with van der Waals surface area (Å²) >= 11 is 0. The van der Waals surface area contributed by atoms with Gasteiger partial charge in [0.2, 0.25) is 0 Å². The summed E-state index contributed by atoms with van der Waals surface area (Å²) < 4.78 is 14.1. The summed E-state index contributed by atoms with van der Waals surface area (Å²) in [6.07, 6.45) is 2.83. The van der Waals surface area contributed by atoms with Crippen LogP contribution in [-0.2, 0) is 0 Å². The minimum Gasteiger partial charge on any atom is -0.305 e. The lowest BCUT2D eigenvalue weighted by molar-refractivity contribution is 0.537. The number of halogens is 1. The zero-order valence-corrected chi connectivity index (χ0v) is 12.3. The van der Waals surface area contributed by atoms with E-state index in [1.165, 1.54) is 6.07 Å². The van der Waals surface area contributed by atoms with E-state index in [4.69, 9.17) is 0 Å². The van der Waals surface area contributed by atoms with E-state index in [2.05, 4.69) is 23.3 Å². The molecule has 1 aromatic heterocycles. The van der Waals surface area contributed by atoms with Crippen LogP contribution in [-0.4, -0.2) is 11.5 Å². The zero-order chi connectivity index (χ0) is 14.5. The summed E-state index contributed by atoms with van der Waals surface area (Å²) in [6.45, 7) is 6.97. The molecule has 2 rings (SSSR count). The number of aromatic nitrogens is 1. The summed E-state index contributed by atoms with van der Waals surface area (Å²) in [5, 5.41) is 3.40. The number of hydrogen-bond donors (Lipinski definition) is 1. The predicted octanol–water partition coefficient (Wildman–Crippen LogP) is 3.93. The molecule has 0 spiro atoms. The second kappa shape index (κ2) is 6.62. The van der Waals surface area contributed by atoms with Crippen LogP contribution in [0.15, 0.2) is 36.5 Å². The Kier molecular flexibility index (Phi) is 4.85. The van der Waals surface area contributed by atoms with Crippen molar-refractivity contribution in [1.82, 2.24) is 10.3 Å². The molecule has 0 fully saturated rings. The van der Waals surface area contributed by atoms with E-state index in [1.807, 2.05) is 32.2 Å². The minimum atomic E-state index is -0.197. The van der Waals surface area contributed by atoms with Gasteiger partial charge in [-0.3, -0.25) is 4.98 Å². The Morgan fingerprint density at radius 2 is 2.00 bits per heavy atom. The molecule has 0 aliphatic carbocycles. The van der Waals surface area contributed by atoms with E-state index in [1.54, 1.807) is 6.07 Å². The van der Waals surface area contributed by atoms with Gasteiger partial charge in [-0.1, -0.05) is 31.2 Å². The van der Waals surface area contributed by atoms with Gasteiger partial charge in [0.15, 0.2) is 0 Å².